The molecule has 8 nitrogen and oxygen atoms in total. The van der Waals surface area contributed by atoms with Gasteiger partial charge in [-0.25, -0.2) is 9.78 Å². The zero-order valence-corrected chi connectivity index (χ0v) is 10.9. The molecule has 6 N–H and O–H groups in total. The van der Waals surface area contributed by atoms with Gasteiger partial charge in [0.2, 0.25) is 5.91 Å². The third-order valence-electron chi connectivity index (χ3n) is 2.72. The fourth-order valence-electron chi connectivity index (χ4n) is 1.54. The maximum absolute atomic E-state index is 11.6. The number of carbonyl (C=O) groups is 2. The predicted octanol–water partition coefficient (Wildman–Crippen LogP) is -0.299. The zero-order chi connectivity index (χ0) is 15.1. The first-order valence-electron chi connectivity index (χ1n) is 6.03. The Morgan fingerprint density at radius 3 is 2.70 bits per heavy atom. The first-order valence-corrected chi connectivity index (χ1v) is 6.03. The van der Waals surface area contributed by atoms with Crippen molar-refractivity contribution in [3.8, 4) is 0 Å². The van der Waals surface area contributed by atoms with E-state index in [0.717, 1.165) is 0 Å². The van der Waals surface area contributed by atoms with Gasteiger partial charge in [-0.1, -0.05) is 6.58 Å². The van der Waals surface area contributed by atoms with Crippen LogP contribution in [0.25, 0.3) is 0 Å². The summed E-state index contributed by atoms with van der Waals surface area (Å²) in [5, 5.41) is 20.5. The maximum atomic E-state index is 11.6. The molecule has 1 rings (SSSR count). The number of nitrogens with one attached hydrogen (secondary N) is 2. The van der Waals surface area contributed by atoms with Crippen molar-refractivity contribution in [2.75, 3.05) is 0 Å². The van der Waals surface area contributed by atoms with Crippen LogP contribution in [0.3, 0.4) is 0 Å². The number of aliphatic hydroxyl groups is 1. The fourth-order valence-corrected chi connectivity index (χ4v) is 1.54. The van der Waals surface area contributed by atoms with Crippen LogP contribution >= 0.6 is 0 Å². The number of H-pyrrole nitrogens is 1. The third-order valence-corrected chi connectivity index (χ3v) is 2.72. The second-order valence-corrected chi connectivity index (χ2v) is 4.38. The number of amides is 1. The molecule has 1 aromatic heterocycles. The molecule has 0 saturated carbocycles. The number of carboxylic acids is 1. The third kappa shape index (κ3) is 5.11. The van der Waals surface area contributed by atoms with Crippen molar-refractivity contribution in [3.63, 3.8) is 0 Å². The van der Waals surface area contributed by atoms with Crippen LogP contribution in [0, 0.1) is 0 Å². The SMILES string of the molecule is C=C(O)C(N)CCC(=O)NC(Cc1cnc[nH]1)C(=O)O. The number of nitrogens with zero attached hydrogens (tertiary/aromatic N) is 1. The Morgan fingerprint density at radius 1 is 1.50 bits per heavy atom. The number of aromatic nitrogens is 2. The van der Waals surface area contributed by atoms with Gasteiger partial charge in [-0.05, 0) is 6.42 Å². The highest BCUT2D eigenvalue weighted by atomic mass is 16.4. The van der Waals surface area contributed by atoms with Crippen molar-refractivity contribution in [1.82, 2.24) is 15.3 Å². The summed E-state index contributed by atoms with van der Waals surface area (Å²) in [6.45, 7) is 3.27. The first kappa shape index (κ1) is 15.7. The normalized spacial score (nSPS) is 13.4. The molecule has 1 aromatic rings. The van der Waals surface area contributed by atoms with Gasteiger partial charge >= 0.3 is 5.97 Å². The summed E-state index contributed by atoms with van der Waals surface area (Å²) in [6.07, 6.45) is 3.24. The molecule has 20 heavy (non-hydrogen) atoms. The van der Waals surface area contributed by atoms with E-state index in [1.165, 1.54) is 12.5 Å². The highest BCUT2D eigenvalue weighted by Crippen LogP contribution is 2.03. The van der Waals surface area contributed by atoms with Crippen LogP contribution in [0.1, 0.15) is 18.5 Å². The number of carbonyl (C=O) groups excluding carboxylic acids is 1. The van der Waals surface area contributed by atoms with Crippen LogP contribution in [0.15, 0.2) is 24.9 Å². The Kier molecular flexibility index (Phi) is 5.73. The lowest BCUT2D eigenvalue weighted by molar-refractivity contribution is -0.141. The summed E-state index contributed by atoms with van der Waals surface area (Å²) >= 11 is 0. The molecule has 0 saturated heterocycles. The zero-order valence-electron chi connectivity index (χ0n) is 10.9. The molecule has 1 heterocycles. The fraction of sp³-hybridized carbons (Fsp3) is 0.417. The van der Waals surface area contributed by atoms with E-state index in [1.807, 2.05) is 0 Å². The lowest BCUT2D eigenvalue weighted by Crippen LogP contribution is -2.42. The number of aliphatic hydroxyl groups excluding tert-OH is 1. The second kappa shape index (κ2) is 7.29. The number of hydrogen-bond donors (Lipinski definition) is 5. The summed E-state index contributed by atoms with van der Waals surface area (Å²) in [4.78, 5) is 29.3. The van der Waals surface area contributed by atoms with Crippen molar-refractivity contribution in [3.05, 3.63) is 30.6 Å². The summed E-state index contributed by atoms with van der Waals surface area (Å²) in [6, 6.07) is -1.74. The molecule has 1 amide bonds. The topological polar surface area (TPSA) is 141 Å². The van der Waals surface area contributed by atoms with E-state index in [2.05, 4.69) is 21.9 Å². The van der Waals surface area contributed by atoms with Crippen LogP contribution in [-0.4, -0.2) is 44.1 Å². The van der Waals surface area contributed by atoms with Gasteiger partial charge in [-0.2, -0.15) is 0 Å². The van der Waals surface area contributed by atoms with E-state index >= 15 is 0 Å². The van der Waals surface area contributed by atoms with Crippen molar-refractivity contribution in [2.24, 2.45) is 5.73 Å². The standard InChI is InChI=1S/C12H18N4O4/c1-7(17)9(13)2-3-11(18)16-10(12(19)20)4-8-5-14-6-15-8/h5-6,9-10,17H,1-4,13H2,(H,14,15)(H,16,18)(H,19,20). The smallest absolute Gasteiger partial charge is 0.326 e. The van der Waals surface area contributed by atoms with Gasteiger partial charge in [-0.3, -0.25) is 4.79 Å². The Bertz CT molecular complexity index is 472. The number of imidazole rings is 1. The number of hydrogen-bond acceptors (Lipinski definition) is 5. The van der Waals surface area contributed by atoms with Gasteiger partial charge in [0, 0.05) is 24.7 Å². The average Bonchev–Trinajstić information content (AvgIpc) is 2.87. The summed E-state index contributed by atoms with van der Waals surface area (Å²) in [5.41, 5.74) is 6.12. The first-order chi connectivity index (χ1) is 9.40. The molecule has 0 radical (unpaired) electrons. The maximum Gasteiger partial charge on any atom is 0.326 e. The number of aromatic amines is 1. The minimum atomic E-state index is -1.14. The Labute approximate surface area is 115 Å². The molecule has 0 aliphatic carbocycles. The molecule has 8 heteroatoms. The van der Waals surface area contributed by atoms with E-state index in [-0.39, 0.29) is 25.0 Å². The van der Waals surface area contributed by atoms with Gasteiger partial charge in [0.05, 0.1) is 12.4 Å². The minimum absolute atomic E-state index is 0.00744. The molecule has 2 atom stereocenters. The number of nitrogens with two attached hydrogens (primary N) is 1. The molecule has 0 aliphatic rings. The van der Waals surface area contributed by atoms with Gasteiger partial charge in [0.15, 0.2) is 0 Å². The quantitative estimate of drug-likeness (QED) is 0.414. The molecule has 0 aliphatic heterocycles. The molecular weight excluding hydrogens is 264 g/mol. The summed E-state index contributed by atoms with van der Waals surface area (Å²) in [7, 11) is 0. The number of rotatable bonds is 8. The van der Waals surface area contributed by atoms with E-state index < -0.39 is 24.0 Å². The minimum Gasteiger partial charge on any atom is -0.511 e. The Morgan fingerprint density at radius 2 is 2.20 bits per heavy atom. The van der Waals surface area contributed by atoms with E-state index in [0.29, 0.717) is 5.69 Å². The monoisotopic (exact) mass is 282 g/mol. The van der Waals surface area contributed by atoms with Crippen LogP contribution < -0.4 is 11.1 Å². The van der Waals surface area contributed by atoms with Crippen LogP contribution in [0.5, 0.6) is 0 Å². The Balaban J connectivity index is 2.47. The van der Waals surface area contributed by atoms with Crippen molar-refractivity contribution in [1.29, 1.82) is 0 Å². The number of aliphatic carboxylic acids is 1. The molecule has 0 aromatic carbocycles. The van der Waals surface area contributed by atoms with Crippen molar-refractivity contribution < 1.29 is 19.8 Å². The Hall–Kier alpha value is -2.35. The van der Waals surface area contributed by atoms with Gasteiger partial charge < -0.3 is 26.2 Å². The largest absolute Gasteiger partial charge is 0.511 e. The highest BCUT2D eigenvalue weighted by molar-refractivity contribution is 5.83. The molecule has 2 unspecified atom stereocenters. The number of carboxylic acid groups (broad SMARTS) is 1. The molecular formula is C12H18N4O4. The molecule has 0 fully saturated rings. The lowest BCUT2D eigenvalue weighted by Gasteiger charge is -2.14. The average molecular weight is 282 g/mol. The van der Waals surface area contributed by atoms with Crippen LogP contribution in [0.2, 0.25) is 0 Å². The summed E-state index contributed by atoms with van der Waals surface area (Å²) in [5.74, 6) is -1.79. The molecule has 110 valence electrons. The highest BCUT2D eigenvalue weighted by Gasteiger charge is 2.21. The predicted molar refractivity (Wildman–Crippen MR) is 70.8 cm³/mol. The molecule has 0 bridgehead atoms. The molecule has 0 spiro atoms. The van der Waals surface area contributed by atoms with Crippen molar-refractivity contribution >= 4 is 11.9 Å². The van der Waals surface area contributed by atoms with E-state index in [4.69, 9.17) is 15.9 Å². The van der Waals surface area contributed by atoms with Crippen molar-refractivity contribution in [2.45, 2.75) is 31.3 Å². The van der Waals surface area contributed by atoms with Gasteiger partial charge in [0.25, 0.3) is 0 Å². The lowest BCUT2D eigenvalue weighted by atomic mass is 10.1. The summed E-state index contributed by atoms with van der Waals surface area (Å²) < 4.78 is 0. The second-order valence-electron chi connectivity index (χ2n) is 4.38. The van der Waals surface area contributed by atoms with Gasteiger partial charge in [-0.15, -0.1) is 0 Å². The van der Waals surface area contributed by atoms with E-state index in [9.17, 15) is 9.59 Å². The van der Waals surface area contributed by atoms with Gasteiger partial charge in [0.1, 0.15) is 11.8 Å². The van der Waals surface area contributed by atoms with Crippen LogP contribution in [-0.2, 0) is 16.0 Å². The van der Waals surface area contributed by atoms with E-state index in [1.54, 1.807) is 0 Å². The van der Waals surface area contributed by atoms with Crippen LogP contribution in [0.4, 0.5) is 0 Å².